The fraction of sp³-hybridized carbons (Fsp3) is 0.333. The van der Waals surface area contributed by atoms with Crippen LogP contribution in [0.15, 0.2) is 21.5 Å². The summed E-state index contributed by atoms with van der Waals surface area (Å²) in [5, 5.41) is 9.74. The Hall–Kier alpha value is -1.05. The van der Waals surface area contributed by atoms with Crippen LogP contribution >= 0.6 is 39.9 Å². The number of benzene rings is 1. The molecule has 0 aromatic heterocycles. The third-order valence-electron chi connectivity index (χ3n) is 3.01. The van der Waals surface area contributed by atoms with E-state index in [2.05, 4.69) is 15.9 Å². The summed E-state index contributed by atoms with van der Waals surface area (Å²) in [4.78, 5) is 14.6. The highest BCUT2D eigenvalue weighted by atomic mass is 79.9. The van der Waals surface area contributed by atoms with Crippen LogP contribution in [0.3, 0.4) is 0 Å². The molecule has 2 rings (SSSR count). The Kier molecular flexibility index (Phi) is 5.52. The van der Waals surface area contributed by atoms with E-state index in [0.717, 1.165) is 5.56 Å². The van der Waals surface area contributed by atoms with Gasteiger partial charge in [0.15, 0.2) is 11.5 Å². The zero-order valence-electron chi connectivity index (χ0n) is 12.4. The monoisotopic (exact) mass is 401 g/mol. The second kappa shape index (κ2) is 7.02. The predicted octanol–water partition coefficient (Wildman–Crippen LogP) is 4.02. The molecular formula is C15H16BrNO3S2. The van der Waals surface area contributed by atoms with Crippen molar-refractivity contribution in [3.63, 3.8) is 0 Å². The number of thiocarbonyl (C=S) groups is 1. The molecule has 0 saturated carbocycles. The van der Waals surface area contributed by atoms with Crippen LogP contribution in [-0.2, 0) is 4.79 Å². The lowest BCUT2D eigenvalue weighted by Crippen LogP contribution is -2.31. The molecule has 0 aliphatic carbocycles. The molecule has 4 nitrogen and oxygen atoms in total. The molecule has 1 aromatic carbocycles. The highest BCUT2D eigenvalue weighted by Crippen LogP contribution is 2.37. The Balaban J connectivity index is 2.34. The Bertz CT molecular complexity index is 658. The summed E-state index contributed by atoms with van der Waals surface area (Å²) < 4.78 is 6.36. The number of ether oxygens (including phenoxy) is 1. The van der Waals surface area contributed by atoms with Crippen LogP contribution in [0.1, 0.15) is 19.4 Å². The smallest absolute Gasteiger partial charge is 0.266 e. The molecular weight excluding hydrogens is 386 g/mol. The number of hydrogen-bond acceptors (Lipinski definition) is 5. The van der Waals surface area contributed by atoms with E-state index < -0.39 is 0 Å². The number of hydrogen-bond donors (Lipinski definition) is 1. The van der Waals surface area contributed by atoms with Crippen LogP contribution in [0.25, 0.3) is 6.08 Å². The zero-order valence-corrected chi connectivity index (χ0v) is 15.6. The van der Waals surface area contributed by atoms with Gasteiger partial charge in [0.1, 0.15) is 4.32 Å². The van der Waals surface area contributed by atoms with Crippen molar-refractivity contribution in [1.29, 1.82) is 0 Å². The number of phenolic OH excluding ortho intramolecular Hbond substituents is 1. The second-order valence-electron chi connectivity index (χ2n) is 5.23. The van der Waals surface area contributed by atoms with Crippen molar-refractivity contribution >= 4 is 56.2 Å². The number of methoxy groups -OCH3 is 1. The Labute approximate surface area is 147 Å². The quantitative estimate of drug-likeness (QED) is 0.609. The molecule has 1 aliphatic rings. The zero-order chi connectivity index (χ0) is 16.4. The van der Waals surface area contributed by atoms with Gasteiger partial charge in [-0.25, -0.2) is 0 Å². The van der Waals surface area contributed by atoms with Crippen molar-refractivity contribution in [2.24, 2.45) is 5.92 Å². The minimum Gasteiger partial charge on any atom is -0.504 e. The lowest BCUT2D eigenvalue weighted by molar-refractivity contribution is -0.122. The van der Waals surface area contributed by atoms with E-state index in [9.17, 15) is 9.90 Å². The van der Waals surface area contributed by atoms with E-state index >= 15 is 0 Å². The molecule has 1 amide bonds. The van der Waals surface area contributed by atoms with Gasteiger partial charge in [-0.2, -0.15) is 0 Å². The molecule has 1 heterocycles. The Morgan fingerprint density at radius 2 is 2.18 bits per heavy atom. The molecule has 1 saturated heterocycles. The number of phenols is 1. The molecule has 0 spiro atoms. The summed E-state index contributed by atoms with van der Waals surface area (Å²) in [6.07, 6.45) is 1.76. The molecule has 1 aliphatic heterocycles. The second-order valence-corrected chi connectivity index (χ2v) is 7.76. The van der Waals surface area contributed by atoms with Crippen LogP contribution in [0, 0.1) is 5.92 Å². The number of halogens is 1. The first kappa shape index (κ1) is 17.3. The fourth-order valence-corrected chi connectivity index (χ4v) is 3.71. The number of carbonyl (C=O) groups is 1. The third kappa shape index (κ3) is 3.64. The first-order valence-corrected chi connectivity index (χ1v) is 8.67. The van der Waals surface area contributed by atoms with Gasteiger partial charge in [0, 0.05) is 11.0 Å². The summed E-state index contributed by atoms with van der Waals surface area (Å²) in [5.41, 5.74) is 0.750. The van der Waals surface area contributed by atoms with Crippen molar-refractivity contribution in [3.8, 4) is 11.5 Å². The first-order valence-electron chi connectivity index (χ1n) is 6.65. The van der Waals surface area contributed by atoms with Gasteiger partial charge >= 0.3 is 0 Å². The third-order valence-corrected chi connectivity index (χ3v) is 5.07. The van der Waals surface area contributed by atoms with Crippen LogP contribution in [0.2, 0.25) is 0 Å². The molecule has 0 atom stereocenters. The van der Waals surface area contributed by atoms with Gasteiger partial charge in [0.05, 0.1) is 12.0 Å². The number of aromatic hydroxyl groups is 1. The highest BCUT2D eigenvalue weighted by Gasteiger charge is 2.32. The normalized spacial score (nSPS) is 17.0. The summed E-state index contributed by atoms with van der Waals surface area (Å²) in [6.45, 7) is 4.70. The van der Waals surface area contributed by atoms with E-state index in [1.165, 1.54) is 18.9 Å². The minimum atomic E-state index is -0.0809. The van der Waals surface area contributed by atoms with Gasteiger partial charge < -0.3 is 9.84 Å². The molecule has 118 valence electrons. The average molecular weight is 402 g/mol. The van der Waals surface area contributed by atoms with Crippen LogP contribution in [0.5, 0.6) is 11.5 Å². The van der Waals surface area contributed by atoms with E-state index in [-0.39, 0.29) is 11.7 Å². The molecule has 1 fully saturated rings. The van der Waals surface area contributed by atoms with Gasteiger partial charge in [0.2, 0.25) is 0 Å². The minimum absolute atomic E-state index is 0.0406. The van der Waals surface area contributed by atoms with Crippen molar-refractivity contribution in [1.82, 2.24) is 4.90 Å². The predicted molar refractivity (Wildman–Crippen MR) is 97.1 cm³/mol. The number of amides is 1. The molecule has 22 heavy (non-hydrogen) atoms. The van der Waals surface area contributed by atoms with Gasteiger partial charge in [-0.15, -0.1) is 0 Å². The maximum Gasteiger partial charge on any atom is 0.266 e. The van der Waals surface area contributed by atoms with Crippen LogP contribution < -0.4 is 4.74 Å². The molecule has 0 radical (unpaired) electrons. The summed E-state index contributed by atoms with van der Waals surface area (Å²) in [7, 11) is 1.48. The molecule has 7 heteroatoms. The van der Waals surface area contributed by atoms with Crippen molar-refractivity contribution < 1.29 is 14.6 Å². The van der Waals surface area contributed by atoms with Gasteiger partial charge in [-0.1, -0.05) is 53.8 Å². The number of rotatable bonds is 4. The molecule has 0 bridgehead atoms. The largest absolute Gasteiger partial charge is 0.504 e. The number of carbonyl (C=O) groups excluding carboxylic acids is 1. The van der Waals surface area contributed by atoms with Gasteiger partial charge in [-0.05, 0) is 29.7 Å². The topological polar surface area (TPSA) is 49.8 Å². The summed E-state index contributed by atoms with van der Waals surface area (Å²) in [5.74, 6) is 0.663. The number of nitrogens with zero attached hydrogens (tertiary/aromatic N) is 1. The van der Waals surface area contributed by atoms with E-state index in [4.69, 9.17) is 17.0 Å². The lowest BCUT2D eigenvalue weighted by Gasteiger charge is -2.16. The highest BCUT2D eigenvalue weighted by molar-refractivity contribution is 9.10. The van der Waals surface area contributed by atoms with Gasteiger partial charge in [-0.3, -0.25) is 9.69 Å². The van der Waals surface area contributed by atoms with Crippen LogP contribution in [-0.4, -0.2) is 33.9 Å². The molecule has 0 unspecified atom stereocenters. The van der Waals surface area contributed by atoms with Crippen molar-refractivity contribution in [2.75, 3.05) is 13.7 Å². The average Bonchev–Trinajstić information content (AvgIpc) is 2.69. The fourth-order valence-electron chi connectivity index (χ4n) is 2.00. The standard InChI is InChI=1S/C15H16BrNO3S2/c1-8(2)7-17-14(19)13(22-15(17)21)5-9-4-12(20-3)11(18)6-10(9)16/h4-6,8,18H,7H2,1-3H3. The Morgan fingerprint density at radius 1 is 1.50 bits per heavy atom. The van der Waals surface area contributed by atoms with Crippen molar-refractivity contribution in [2.45, 2.75) is 13.8 Å². The Morgan fingerprint density at radius 3 is 2.77 bits per heavy atom. The maximum absolute atomic E-state index is 12.4. The van der Waals surface area contributed by atoms with Crippen LogP contribution in [0.4, 0.5) is 0 Å². The maximum atomic E-state index is 12.4. The molecule has 1 aromatic rings. The van der Waals surface area contributed by atoms with E-state index in [1.807, 2.05) is 13.8 Å². The first-order chi connectivity index (χ1) is 10.3. The van der Waals surface area contributed by atoms with E-state index in [1.54, 1.807) is 23.1 Å². The van der Waals surface area contributed by atoms with E-state index in [0.29, 0.717) is 31.9 Å². The van der Waals surface area contributed by atoms with Gasteiger partial charge in [0.25, 0.3) is 5.91 Å². The SMILES string of the molecule is COc1cc(C=C2SC(=S)N(CC(C)C)C2=O)c(Br)cc1O. The number of thioether (sulfide) groups is 1. The summed E-state index contributed by atoms with van der Waals surface area (Å²) in [6, 6.07) is 3.22. The molecule has 1 N–H and O–H groups in total. The summed E-state index contributed by atoms with van der Waals surface area (Å²) >= 11 is 9.95. The van der Waals surface area contributed by atoms with Crippen molar-refractivity contribution in [3.05, 3.63) is 27.1 Å². The lowest BCUT2D eigenvalue weighted by atomic mass is 10.1.